The fraction of sp³-hybridized carbons (Fsp3) is 0.0476. The molecular weight excluding hydrogens is 349 g/mol. The average Bonchev–Trinajstić information content (AvgIpc) is 2.95. The second-order valence-corrected chi connectivity index (χ2v) is 5.88. The Balaban J connectivity index is 1.60. The van der Waals surface area contributed by atoms with Gasteiger partial charge in [0, 0.05) is 6.07 Å². The first-order valence-corrected chi connectivity index (χ1v) is 8.18. The SMILES string of the molecule is COc1ccc(Oc2ccc(N3C(=O)c4ccccc4C3=O)cc2F)cc1. The zero-order chi connectivity index (χ0) is 19.0. The molecule has 0 saturated heterocycles. The molecule has 3 aromatic carbocycles. The molecular formula is C21H14FNO4. The number of fused-ring (bicyclic) bond motifs is 1. The molecule has 2 amide bonds. The summed E-state index contributed by atoms with van der Waals surface area (Å²) in [6.45, 7) is 0. The Morgan fingerprint density at radius 1 is 0.815 bits per heavy atom. The lowest BCUT2D eigenvalue weighted by Crippen LogP contribution is -2.29. The molecule has 0 spiro atoms. The summed E-state index contributed by atoms with van der Waals surface area (Å²) >= 11 is 0. The van der Waals surface area contributed by atoms with E-state index in [0.717, 1.165) is 11.0 Å². The van der Waals surface area contributed by atoms with Gasteiger partial charge in [-0.25, -0.2) is 9.29 Å². The van der Waals surface area contributed by atoms with Crippen molar-refractivity contribution in [2.45, 2.75) is 0 Å². The number of hydrogen-bond acceptors (Lipinski definition) is 4. The minimum absolute atomic E-state index is 0.0134. The van der Waals surface area contributed by atoms with E-state index in [-0.39, 0.29) is 11.4 Å². The van der Waals surface area contributed by atoms with E-state index in [0.29, 0.717) is 22.6 Å². The largest absolute Gasteiger partial charge is 0.497 e. The molecule has 1 heterocycles. The number of nitrogens with zero attached hydrogens (tertiary/aromatic N) is 1. The van der Waals surface area contributed by atoms with Gasteiger partial charge in [0.2, 0.25) is 0 Å². The quantitative estimate of drug-likeness (QED) is 0.644. The lowest BCUT2D eigenvalue weighted by Gasteiger charge is -2.15. The molecule has 27 heavy (non-hydrogen) atoms. The summed E-state index contributed by atoms with van der Waals surface area (Å²) in [5, 5.41) is 0. The van der Waals surface area contributed by atoms with Crippen molar-refractivity contribution in [3.8, 4) is 17.2 Å². The highest BCUT2D eigenvalue weighted by Crippen LogP contribution is 2.32. The van der Waals surface area contributed by atoms with Crippen molar-refractivity contribution in [3.63, 3.8) is 0 Å². The summed E-state index contributed by atoms with van der Waals surface area (Å²) in [5.74, 6) is -0.551. The van der Waals surface area contributed by atoms with Crippen LogP contribution in [0.5, 0.6) is 17.2 Å². The molecule has 0 atom stereocenters. The fourth-order valence-corrected chi connectivity index (χ4v) is 2.91. The molecule has 3 aromatic rings. The number of halogens is 1. The van der Waals surface area contributed by atoms with Gasteiger partial charge in [0.15, 0.2) is 11.6 Å². The first-order valence-electron chi connectivity index (χ1n) is 8.18. The molecule has 0 aromatic heterocycles. The number of carbonyl (C=O) groups is 2. The number of benzene rings is 3. The molecule has 1 aliphatic rings. The third kappa shape index (κ3) is 2.91. The third-order valence-corrected chi connectivity index (χ3v) is 4.25. The van der Waals surface area contributed by atoms with E-state index in [9.17, 15) is 14.0 Å². The Morgan fingerprint density at radius 2 is 1.41 bits per heavy atom. The number of rotatable bonds is 4. The van der Waals surface area contributed by atoms with Crippen molar-refractivity contribution in [1.82, 2.24) is 0 Å². The Kier molecular flexibility index (Phi) is 4.08. The van der Waals surface area contributed by atoms with Crippen LogP contribution < -0.4 is 14.4 Å². The van der Waals surface area contributed by atoms with Gasteiger partial charge in [-0.3, -0.25) is 9.59 Å². The molecule has 4 rings (SSSR count). The van der Waals surface area contributed by atoms with Gasteiger partial charge in [-0.2, -0.15) is 0 Å². The van der Waals surface area contributed by atoms with Crippen LogP contribution >= 0.6 is 0 Å². The van der Waals surface area contributed by atoms with Crippen LogP contribution in [0.3, 0.4) is 0 Å². The summed E-state index contributed by atoms with van der Waals surface area (Å²) in [6.07, 6.45) is 0. The maximum absolute atomic E-state index is 14.5. The minimum atomic E-state index is -0.681. The van der Waals surface area contributed by atoms with Gasteiger partial charge in [-0.15, -0.1) is 0 Å². The predicted octanol–water partition coefficient (Wildman–Crippen LogP) is 4.43. The van der Waals surface area contributed by atoms with E-state index in [2.05, 4.69) is 0 Å². The number of methoxy groups -OCH3 is 1. The van der Waals surface area contributed by atoms with Gasteiger partial charge in [-0.05, 0) is 48.5 Å². The smallest absolute Gasteiger partial charge is 0.266 e. The number of amides is 2. The molecule has 0 bridgehead atoms. The van der Waals surface area contributed by atoms with Crippen LogP contribution in [-0.2, 0) is 0 Å². The van der Waals surface area contributed by atoms with Crippen LogP contribution in [0.2, 0.25) is 0 Å². The van der Waals surface area contributed by atoms with E-state index in [1.54, 1.807) is 55.6 Å². The zero-order valence-electron chi connectivity index (χ0n) is 14.3. The number of anilines is 1. The summed E-state index contributed by atoms with van der Waals surface area (Å²) < 4.78 is 25.1. The van der Waals surface area contributed by atoms with E-state index in [4.69, 9.17) is 9.47 Å². The summed E-state index contributed by atoms with van der Waals surface area (Å²) in [7, 11) is 1.55. The average molecular weight is 363 g/mol. The number of hydrogen-bond donors (Lipinski definition) is 0. The molecule has 134 valence electrons. The molecule has 5 nitrogen and oxygen atoms in total. The van der Waals surface area contributed by atoms with Crippen LogP contribution in [0, 0.1) is 5.82 Å². The maximum Gasteiger partial charge on any atom is 0.266 e. The first-order chi connectivity index (χ1) is 13.1. The van der Waals surface area contributed by atoms with Crippen LogP contribution in [0.1, 0.15) is 20.7 Å². The van der Waals surface area contributed by atoms with Crippen molar-refractivity contribution < 1.29 is 23.5 Å². The lowest BCUT2D eigenvalue weighted by molar-refractivity contribution is 0.0926. The monoisotopic (exact) mass is 363 g/mol. The van der Waals surface area contributed by atoms with Crippen molar-refractivity contribution in [2.24, 2.45) is 0 Å². The first kappa shape index (κ1) is 16.8. The molecule has 0 unspecified atom stereocenters. The van der Waals surface area contributed by atoms with E-state index >= 15 is 0 Å². The van der Waals surface area contributed by atoms with Gasteiger partial charge in [-0.1, -0.05) is 12.1 Å². The van der Waals surface area contributed by atoms with Crippen LogP contribution in [0.4, 0.5) is 10.1 Å². The van der Waals surface area contributed by atoms with Crippen molar-refractivity contribution in [1.29, 1.82) is 0 Å². The molecule has 0 N–H and O–H groups in total. The molecule has 0 saturated carbocycles. The second kappa shape index (κ2) is 6.57. The normalized spacial score (nSPS) is 12.9. The van der Waals surface area contributed by atoms with Gasteiger partial charge >= 0.3 is 0 Å². The van der Waals surface area contributed by atoms with Crippen LogP contribution in [0.25, 0.3) is 0 Å². The highest BCUT2D eigenvalue weighted by atomic mass is 19.1. The molecule has 1 aliphatic heterocycles. The summed E-state index contributed by atoms with van der Waals surface area (Å²) in [6, 6.07) is 17.2. The fourth-order valence-electron chi connectivity index (χ4n) is 2.91. The summed E-state index contributed by atoms with van der Waals surface area (Å²) in [5.41, 5.74) is 0.767. The molecule has 0 fully saturated rings. The van der Waals surface area contributed by atoms with E-state index in [1.165, 1.54) is 12.1 Å². The predicted molar refractivity (Wildman–Crippen MR) is 97.1 cm³/mol. The Hall–Kier alpha value is -3.67. The van der Waals surface area contributed by atoms with Crippen molar-refractivity contribution in [2.75, 3.05) is 12.0 Å². The van der Waals surface area contributed by atoms with Crippen LogP contribution in [-0.4, -0.2) is 18.9 Å². The zero-order valence-corrected chi connectivity index (χ0v) is 14.3. The minimum Gasteiger partial charge on any atom is -0.497 e. The van der Waals surface area contributed by atoms with Gasteiger partial charge in [0.1, 0.15) is 11.5 Å². The molecule has 0 aliphatic carbocycles. The standard InChI is InChI=1S/C21H14FNO4/c1-26-14-7-9-15(10-8-14)27-19-11-6-13(12-18(19)22)23-20(24)16-4-2-3-5-17(16)21(23)25/h2-12H,1H3. The molecule has 0 radical (unpaired) electrons. The summed E-state index contributed by atoms with van der Waals surface area (Å²) in [4.78, 5) is 26.0. The highest BCUT2D eigenvalue weighted by Gasteiger charge is 2.36. The highest BCUT2D eigenvalue weighted by molar-refractivity contribution is 6.34. The van der Waals surface area contributed by atoms with E-state index < -0.39 is 17.6 Å². The Labute approximate surface area is 154 Å². The van der Waals surface area contributed by atoms with Gasteiger partial charge in [0.05, 0.1) is 23.9 Å². The molecule has 6 heteroatoms. The maximum atomic E-state index is 14.5. The topological polar surface area (TPSA) is 55.8 Å². The Morgan fingerprint density at radius 3 is 1.96 bits per heavy atom. The second-order valence-electron chi connectivity index (χ2n) is 5.88. The number of imide groups is 1. The van der Waals surface area contributed by atoms with Crippen molar-refractivity contribution in [3.05, 3.63) is 83.7 Å². The van der Waals surface area contributed by atoms with Crippen molar-refractivity contribution >= 4 is 17.5 Å². The van der Waals surface area contributed by atoms with Gasteiger partial charge in [0.25, 0.3) is 11.8 Å². The number of ether oxygens (including phenoxy) is 2. The van der Waals surface area contributed by atoms with Gasteiger partial charge < -0.3 is 9.47 Å². The third-order valence-electron chi connectivity index (χ3n) is 4.25. The van der Waals surface area contributed by atoms with Crippen LogP contribution in [0.15, 0.2) is 66.7 Å². The lowest BCUT2D eigenvalue weighted by atomic mass is 10.1. The number of carbonyl (C=O) groups excluding carboxylic acids is 2. The Bertz CT molecular complexity index is 1010. The van der Waals surface area contributed by atoms with E-state index in [1.807, 2.05) is 0 Å².